The number of hydrogen-bond acceptors (Lipinski definition) is 5. The summed E-state index contributed by atoms with van der Waals surface area (Å²) in [5.41, 5.74) is 0.449. The summed E-state index contributed by atoms with van der Waals surface area (Å²) in [7, 11) is 0. The lowest BCUT2D eigenvalue weighted by Crippen LogP contribution is -2.29. The number of nitrogens with zero attached hydrogens (tertiary/aromatic N) is 2. The summed E-state index contributed by atoms with van der Waals surface area (Å²) >= 11 is 0. The second-order valence-corrected chi connectivity index (χ2v) is 8.29. The van der Waals surface area contributed by atoms with Gasteiger partial charge in [0.1, 0.15) is 17.6 Å². The van der Waals surface area contributed by atoms with Gasteiger partial charge >= 0.3 is 6.18 Å². The fourth-order valence-electron chi connectivity index (χ4n) is 4.20. The number of pyridine rings is 1. The van der Waals surface area contributed by atoms with Gasteiger partial charge in [0, 0.05) is 18.3 Å². The van der Waals surface area contributed by atoms with Crippen molar-refractivity contribution in [3.63, 3.8) is 0 Å². The van der Waals surface area contributed by atoms with Crippen LogP contribution in [0.3, 0.4) is 0 Å². The van der Waals surface area contributed by atoms with E-state index < -0.39 is 35.2 Å². The Morgan fingerprint density at radius 2 is 1.86 bits per heavy atom. The van der Waals surface area contributed by atoms with Crippen molar-refractivity contribution in [1.29, 1.82) is 0 Å². The molecule has 0 spiro atoms. The molecule has 1 unspecified atom stereocenters. The molecule has 1 saturated heterocycles. The number of aliphatic hydroxyl groups excluding tert-OH is 1. The first-order chi connectivity index (χ1) is 17.1. The molecule has 1 aliphatic heterocycles. The number of ketones is 1. The third-order valence-corrected chi connectivity index (χ3v) is 5.86. The number of likely N-dealkylation sites (tertiary alicyclic amines) is 1. The fourth-order valence-corrected chi connectivity index (χ4v) is 4.20. The van der Waals surface area contributed by atoms with Crippen molar-refractivity contribution in [2.75, 3.05) is 6.61 Å². The van der Waals surface area contributed by atoms with Crippen molar-refractivity contribution in [3.8, 4) is 5.75 Å². The normalized spacial score (nSPS) is 17.5. The van der Waals surface area contributed by atoms with Crippen LogP contribution >= 0.6 is 0 Å². The molecule has 186 valence electrons. The zero-order chi connectivity index (χ0) is 26.0. The van der Waals surface area contributed by atoms with Gasteiger partial charge in [-0.05, 0) is 67.4 Å². The van der Waals surface area contributed by atoms with Gasteiger partial charge in [0.05, 0.1) is 23.4 Å². The van der Waals surface area contributed by atoms with Gasteiger partial charge in [0.15, 0.2) is 0 Å². The highest BCUT2D eigenvalue weighted by molar-refractivity contribution is 6.46. The van der Waals surface area contributed by atoms with Crippen LogP contribution in [0.5, 0.6) is 5.75 Å². The van der Waals surface area contributed by atoms with E-state index in [1.807, 2.05) is 6.92 Å². The van der Waals surface area contributed by atoms with E-state index >= 15 is 0 Å². The van der Waals surface area contributed by atoms with Gasteiger partial charge in [0.2, 0.25) is 0 Å². The molecule has 1 fully saturated rings. The highest BCUT2D eigenvalue weighted by Gasteiger charge is 2.47. The number of carbonyl (C=O) groups excluding carboxylic acids is 2. The maximum Gasteiger partial charge on any atom is 0.416 e. The smallest absolute Gasteiger partial charge is 0.416 e. The molecule has 1 amide bonds. The average Bonchev–Trinajstić information content (AvgIpc) is 3.10. The van der Waals surface area contributed by atoms with E-state index in [1.54, 1.807) is 43.3 Å². The summed E-state index contributed by atoms with van der Waals surface area (Å²) in [6, 6.07) is 13.2. The molecule has 2 heterocycles. The molecule has 1 N–H and O–H groups in total. The average molecular weight is 496 g/mol. The molecule has 1 atom stereocenters. The van der Waals surface area contributed by atoms with Crippen LogP contribution in [0.15, 0.2) is 72.4 Å². The van der Waals surface area contributed by atoms with E-state index in [0.717, 1.165) is 17.0 Å². The Morgan fingerprint density at radius 3 is 2.50 bits per heavy atom. The van der Waals surface area contributed by atoms with Gasteiger partial charge in [-0.15, -0.1) is 0 Å². The molecule has 1 aliphatic rings. The van der Waals surface area contributed by atoms with E-state index in [2.05, 4.69) is 4.98 Å². The molecule has 3 aromatic rings. The lowest BCUT2D eigenvalue weighted by atomic mass is 9.97. The zero-order valence-electron chi connectivity index (χ0n) is 19.5. The van der Waals surface area contributed by atoms with Crippen molar-refractivity contribution in [1.82, 2.24) is 9.88 Å². The predicted molar refractivity (Wildman–Crippen MR) is 126 cm³/mol. The van der Waals surface area contributed by atoms with Gasteiger partial charge in [0.25, 0.3) is 11.7 Å². The number of aromatic nitrogens is 1. The summed E-state index contributed by atoms with van der Waals surface area (Å²) in [5, 5.41) is 11.2. The number of halogens is 3. The Kier molecular flexibility index (Phi) is 6.83. The second kappa shape index (κ2) is 9.85. The lowest BCUT2D eigenvalue weighted by molar-refractivity contribution is -0.140. The summed E-state index contributed by atoms with van der Waals surface area (Å²) in [5.74, 6) is -1.67. The number of alkyl halides is 3. The summed E-state index contributed by atoms with van der Waals surface area (Å²) in [4.78, 5) is 31.6. The molecule has 9 heteroatoms. The van der Waals surface area contributed by atoms with Crippen LogP contribution < -0.4 is 4.74 Å². The Bertz CT molecular complexity index is 1340. The first-order valence-corrected chi connectivity index (χ1v) is 11.2. The van der Waals surface area contributed by atoms with Crippen molar-refractivity contribution in [2.24, 2.45) is 0 Å². The standard InChI is InChI=1S/C27H23F3N2O4/c1-3-36-21-11-10-18(13-16(21)2)24(33)22-23(20-9-4-5-12-31-20)32(26(35)25(22)34)15-17-7-6-8-19(14-17)27(28,29)30/h4-14,23,33H,3,15H2,1-2H3/b24-22+. The summed E-state index contributed by atoms with van der Waals surface area (Å²) in [6.07, 6.45) is -3.09. The van der Waals surface area contributed by atoms with Crippen molar-refractivity contribution < 1.29 is 32.6 Å². The van der Waals surface area contributed by atoms with Gasteiger partial charge in [-0.2, -0.15) is 13.2 Å². The van der Waals surface area contributed by atoms with Gasteiger partial charge < -0.3 is 14.7 Å². The summed E-state index contributed by atoms with van der Waals surface area (Å²) < 4.78 is 45.2. The highest BCUT2D eigenvalue weighted by Crippen LogP contribution is 2.40. The highest BCUT2D eigenvalue weighted by atomic mass is 19.4. The third-order valence-electron chi connectivity index (χ3n) is 5.86. The SMILES string of the molecule is CCOc1ccc(/C(O)=C2\C(=O)C(=O)N(Cc3cccc(C(F)(F)F)c3)C2c2ccccn2)cc1C. The summed E-state index contributed by atoms with van der Waals surface area (Å²) in [6.45, 7) is 3.79. The fraction of sp³-hybridized carbons (Fsp3) is 0.222. The molecular formula is C27H23F3N2O4. The van der Waals surface area contributed by atoms with Crippen LogP contribution in [0.2, 0.25) is 0 Å². The molecule has 36 heavy (non-hydrogen) atoms. The molecule has 6 nitrogen and oxygen atoms in total. The minimum absolute atomic E-state index is 0.185. The van der Waals surface area contributed by atoms with Crippen molar-refractivity contribution in [3.05, 3.63) is 100 Å². The van der Waals surface area contributed by atoms with Crippen LogP contribution in [0, 0.1) is 6.92 Å². The van der Waals surface area contributed by atoms with Crippen LogP contribution in [0.25, 0.3) is 5.76 Å². The van der Waals surface area contributed by atoms with E-state index in [-0.39, 0.29) is 17.7 Å². The maximum atomic E-state index is 13.2. The maximum absolute atomic E-state index is 13.2. The number of benzene rings is 2. The lowest BCUT2D eigenvalue weighted by Gasteiger charge is -2.25. The molecule has 1 aromatic heterocycles. The molecule has 0 saturated carbocycles. The number of Topliss-reactive ketones (excluding diaryl/α,β-unsaturated/α-hetero) is 1. The third kappa shape index (κ3) is 4.82. The number of hydrogen-bond donors (Lipinski definition) is 1. The quantitative estimate of drug-likeness (QED) is 0.280. The first kappa shape index (κ1) is 25.0. The van der Waals surface area contributed by atoms with E-state index in [9.17, 15) is 27.9 Å². The number of rotatable bonds is 6. The van der Waals surface area contributed by atoms with E-state index in [1.165, 1.54) is 18.3 Å². The molecule has 0 radical (unpaired) electrons. The Labute approximate surface area is 205 Å². The number of aryl methyl sites for hydroxylation is 1. The molecule has 2 aromatic carbocycles. The Hall–Kier alpha value is -4.14. The minimum Gasteiger partial charge on any atom is -0.507 e. The Morgan fingerprint density at radius 1 is 1.08 bits per heavy atom. The van der Waals surface area contributed by atoms with Crippen molar-refractivity contribution >= 4 is 17.4 Å². The number of aliphatic hydroxyl groups is 1. The minimum atomic E-state index is -4.56. The molecule has 4 rings (SSSR count). The van der Waals surface area contributed by atoms with Crippen LogP contribution in [0.1, 0.15) is 40.9 Å². The van der Waals surface area contributed by atoms with E-state index in [4.69, 9.17) is 4.74 Å². The van der Waals surface area contributed by atoms with Crippen molar-refractivity contribution in [2.45, 2.75) is 32.6 Å². The van der Waals surface area contributed by atoms with Crippen LogP contribution in [-0.4, -0.2) is 33.3 Å². The Balaban J connectivity index is 1.81. The number of carbonyl (C=O) groups is 2. The van der Waals surface area contributed by atoms with E-state index in [0.29, 0.717) is 29.2 Å². The van der Waals surface area contributed by atoms with Gasteiger partial charge in [-0.25, -0.2) is 0 Å². The monoisotopic (exact) mass is 496 g/mol. The largest absolute Gasteiger partial charge is 0.507 e. The molecular weight excluding hydrogens is 473 g/mol. The topological polar surface area (TPSA) is 79.7 Å². The number of amides is 1. The van der Waals surface area contributed by atoms with Gasteiger partial charge in [-0.1, -0.05) is 18.2 Å². The predicted octanol–water partition coefficient (Wildman–Crippen LogP) is 5.43. The second-order valence-electron chi connectivity index (χ2n) is 8.29. The van der Waals surface area contributed by atoms with Crippen LogP contribution in [0.4, 0.5) is 13.2 Å². The molecule has 0 bridgehead atoms. The molecule has 0 aliphatic carbocycles. The first-order valence-electron chi connectivity index (χ1n) is 11.2. The van der Waals surface area contributed by atoms with Gasteiger partial charge in [-0.3, -0.25) is 14.6 Å². The zero-order valence-corrected chi connectivity index (χ0v) is 19.5. The number of ether oxygens (including phenoxy) is 1. The van der Waals surface area contributed by atoms with Crippen LogP contribution in [-0.2, 0) is 22.3 Å².